The minimum absolute atomic E-state index is 0.0448. The highest BCUT2D eigenvalue weighted by atomic mass is 19.4. The van der Waals surface area contributed by atoms with Gasteiger partial charge in [0.05, 0.1) is 13.2 Å². The zero-order valence-corrected chi connectivity index (χ0v) is 8.82. The molecule has 102 valence electrons. The van der Waals surface area contributed by atoms with Crippen LogP contribution in [0.25, 0.3) is 0 Å². The third-order valence-corrected chi connectivity index (χ3v) is 1.44. The number of rotatable bonds is 8. The van der Waals surface area contributed by atoms with Gasteiger partial charge in [0.1, 0.15) is 13.2 Å². The standard InChI is InChI=1S/C8H13F5N2O2/c9-6(10)4-17-2-1-14-3-7(16)15-5-8(11,12)13/h6,14H,1-5H2,(H,15,16). The lowest BCUT2D eigenvalue weighted by molar-refractivity contribution is -0.137. The van der Waals surface area contributed by atoms with Crippen molar-refractivity contribution in [3.05, 3.63) is 0 Å². The molecule has 0 unspecified atom stereocenters. The molecule has 0 aliphatic rings. The summed E-state index contributed by atoms with van der Waals surface area (Å²) in [6.07, 6.45) is -7.01. The molecule has 0 radical (unpaired) electrons. The summed E-state index contributed by atoms with van der Waals surface area (Å²) in [5.74, 6) is -0.823. The third kappa shape index (κ3) is 13.0. The Kier molecular flexibility index (Phi) is 7.72. The van der Waals surface area contributed by atoms with Crippen LogP contribution in [-0.2, 0) is 9.53 Å². The summed E-state index contributed by atoms with van der Waals surface area (Å²) in [6, 6.07) is 0. The minimum Gasteiger partial charge on any atom is -0.374 e. The molecule has 0 atom stereocenters. The Bertz CT molecular complexity index is 222. The molecule has 0 saturated carbocycles. The van der Waals surface area contributed by atoms with Crippen LogP contribution in [0.2, 0.25) is 0 Å². The summed E-state index contributed by atoms with van der Waals surface area (Å²) in [4.78, 5) is 10.8. The quantitative estimate of drug-likeness (QED) is 0.497. The van der Waals surface area contributed by atoms with Gasteiger partial charge in [0.25, 0.3) is 6.43 Å². The van der Waals surface area contributed by atoms with Crippen LogP contribution in [0.15, 0.2) is 0 Å². The molecule has 0 aromatic carbocycles. The minimum atomic E-state index is -4.45. The summed E-state index contributed by atoms with van der Waals surface area (Å²) >= 11 is 0. The van der Waals surface area contributed by atoms with Crippen molar-refractivity contribution in [1.29, 1.82) is 0 Å². The van der Waals surface area contributed by atoms with Crippen molar-refractivity contribution in [2.24, 2.45) is 0 Å². The number of amides is 1. The highest BCUT2D eigenvalue weighted by Crippen LogP contribution is 2.11. The summed E-state index contributed by atoms with van der Waals surface area (Å²) < 4.78 is 62.6. The van der Waals surface area contributed by atoms with Crippen molar-refractivity contribution in [1.82, 2.24) is 10.6 Å². The van der Waals surface area contributed by atoms with Gasteiger partial charge in [-0.2, -0.15) is 13.2 Å². The zero-order valence-electron chi connectivity index (χ0n) is 8.82. The van der Waals surface area contributed by atoms with Gasteiger partial charge in [0, 0.05) is 6.54 Å². The monoisotopic (exact) mass is 264 g/mol. The van der Waals surface area contributed by atoms with Crippen LogP contribution in [0.5, 0.6) is 0 Å². The zero-order chi connectivity index (χ0) is 13.3. The second kappa shape index (κ2) is 8.18. The van der Waals surface area contributed by atoms with Crippen LogP contribution in [0, 0.1) is 0 Å². The fourth-order valence-electron chi connectivity index (χ4n) is 0.780. The van der Waals surface area contributed by atoms with E-state index in [0.717, 1.165) is 0 Å². The van der Waals surface area contributed by atoms with Crippen LogP contribution in [0.4, 0.5) is 22.0 Å². The first-order valence-corrected chi connectivity index (χ1v) is 4.71. The van der Waals surface area contributed by atoms with Crippen molar-refractivity contribution in [2.45, 2.75) is 12.6 Å². The first-order valence-electron chi connectivity index (χ1n) is 4.71. The van der Waals surface area contributed by atoms with Crippen molar-refractivity contribution >= 4 is 5.91 Å². The maximum atomic E-state index is 11.7. The van der Waals surface area contributed by atoms with Crippen LogP contribution >= 0.6 is 0 Å². The molecule has 0 aromatic heterocycles. The molecule has 0 aromatic rings. The molecule has 0 rings (SSSR count). The van der Waals surface area contributed by atoms with Crippen molar-refractivity contribution < 1.29 is 31.5 Å². The average Bonchev–Trinajstić information content (AvgIpc) is 2.19. The molecule has 0 aliphatic heterocycles. The van der Waals surface area contributed by atoms with E-state index >= 15 is 0 Å². The van der Waals surface area contributed by atoms with E-state index in [2.05, 4.69) is 10.1 Å². The maximum absolute atomic E-state index is 11.7. The molecular weight excluding hydrogens is 251 g/mol. The number of carbonyl (C=O) groups excluding carboxylic acids is 1. The highest BCUT2D eigenvalue weighted by molar-refractivity contribution is 5.77. The molecule has 0 aliphatic carbocycles. The topological polar surface area (TPSA) is 50.4 Å². The summed E-state index contributed by atoms with van der Waals surface area (Å²) in [5.41, 5.74) is 0. The van der Waals surface area contributed by atoms with E-state index in [1.807, 2.05) is 0 Å². The summed E-state index contributed by atoms with van der Waals surface area (Å²) in [7, 11) is 0. The first kappa shape index (κ1) is 16.0. The van der Waals surface area contributed by atoms with E-state index in [1.165, 1.54) is 0 Å². The largest absolute Gasteiger partial charge is 0.405 e. The molecule has 1 amide bonds. The Morgan fingerprint density at radius 3 is 2.47 bits per heavy atom. The van der Waals surface area contributed by atoms with Crippen molar-refractivity contribution in [3.8, 4) is 0 Å². The van der Waals surface area contributed by atoms with Crippen LogP contribution in [-0.4, -0.2) is 51.4 Å². The van der Waals surface area contributed by atoms with E-state index in [9.17, 15) is 26.7 Å². The fraction of sp³-hybridized carbons (Fsp3) is 0.875. The van der Waals surface area contributed by atoms with Gasteiger partial charge in [-0.25, -0.2) is 8.78 Å². The molecule has 0 heterocycles. The predicted molar refractivity (Wildman–Crippen MR) is 48.8 cm³/mol. The number of halogens is 5. The second-order valence-corrected chi connectivity index (χ2v) is 3.03. The van der Waals surface area contributed by atoms with Gasteiger partial charge in [-0.1, -0.05) is 0 Å². The van der Waals surface area contributed by atoms with Crippen LogP contribution < -0.4 is 10.6 Å². The van der Waals surface area contributed by atoms with Gasteiger partial charge in [-0.15, -0.1) is 0 Å². The third-order valence-electron chi connectivity index (χ3n) is 1.44. The maximum Gasteiger partial charge on any atom is 0.405 e. The van der Waals surface area contributed by atoms with E-state index in [0.29, 0.717) is 0 Å². The molecule has 9 heteroatoms. The Morgan fingerprint density at radius 1 is 1.29 bits per heavy atom. The average molecular weight is 264 g/mol. The Hall–Kier alpha value is -0.960. The smallest absolute Gasteiger partial charge is 0.374 e. The van der Waals surface area contributed by atoms with Gasteiger partial charge in [-0.3, -0.25) is 4.79 Å². The first-order chi connectivity index (χ1) is 7.81. The van der Waals surface area contributed by atoms with Crippen molar-refractivity contribution in [3.63, 3.8) is 0 Å². The van der Waals surface area contributed by atoms with E-state index in [4.69, 9.17) is 0 Å². The van der Waals surface area contributed by atoms with Gasteiger partial charge in [-0.05, 0) is 0 Å². The van der Waals surface area contributed by atoms with Crippen LogP contribution in [0.3, 0.4) is 0 Å². The van der Waals surface area contributed by atoms with Gasteiger partial charge in [0.15, 0.2) is 0 Å². The molecule has 2 N–H and O–H groups in total. The lowest BCUT2D eigenvalue weighted by Crippen LogP contribution is -2.40. The molecule has 0 saturated heterocycles. The highest BCUT2D eigenvalue weighted by Gasteiger charge is 2.27. The molecule has 0 bridgehead atoms. The van der Waals surface area contributed by atoms with E-state index in [1.54, 1.807) is 5.32 Å². The number of ether oxygens (including phenoxy) is 1. The number of alkyl halides is 5. The lowest BCUT2D eigenvalue weighted by Gasteiger charge is -2.09. The number of nitrogens with one attached hydrogen (secondary N) is 2. The van der Waals surface area contributed by atoms with Gasteiger partial charge < -0.3 is 15.4 Å². The number of hydrogen-bond donors (Lipinski definition) is 2. The summed E-state index contributed by atoms with van der Waals surface area (Å²) in [5, 5.41) is 4.09. The lowest BCUT2D eigenvalue weighted by atomic mass is 10.5. The Morgan fingerprint density at radius 2 is 1.94 bits per heavy atom. The van der Waals surface area contributed by atoms with Gasteiger partial charge in [0.2, 0.25) is 5.91 Å². The molecule has 4 nitrogen and oxygen atoms in total. The van der Waals surface area contributed by atoms with Gasteiger partial charge >= 0.3 is 6.18 Å². The molecule has 0 fully saturated rings. The predicted octanol–water partition coefficient (Wildman–Crippen LogP) is 0.536. The summed E-state index contributed by atoms with van der Waals surface area (Å²) in [6.45, 7) is -2.37. The second-order valence-electron chi connectivity index (χ2n) is 3.03. The number of hydrogen-bond acceptors (Lipinski definition) is 3. The van der Waals surface area contributed by atoms with Crippen molar-refractivity contribution in [2.75, 3.05) is 32.8 Å². The fourth-order valence-corrected chi connectivity index (χ4v) is 0.780. The molecular formula is C8H13F5N2O2. The number of carbonyl (C=O) groups is 1. The van der Waals surface area contributed by atoms with E-state index < -0.39 is 31.7 Å². The molecule has 17 heavy (non-hydrogen) atoms. The van der Waals surface area contributed by atoms with E-state index in [-0.39, 0.29) is 19.7 Å². The Labute approximate surface area is 94.5 Å². The van der Waals surface area contributed by atoms with Crippen LogP contribution in [0.1, 0.15) is 0 Å². The molecule has 0 spiro atoms. The Balaban J connectivity index is 3.34. The SMILES string of the molecule is O=C(CNCCOCC(F)F)NCC(F)(F)F. The normalized spacial score (nSPS) is 11.9.